The third kappa shape index (κ3) is 2.24. The fourth-order valence-corrected chi connectivity index (χ4v) is 3.78. The molecule has 0 spiro atoms. The molecular weight excluding hydrogens is 330 g/mol. The lowest BCUT2D eigenvalue weighted by molar-refractivity contribution is 0.0770. The van der Waals surface area contributed by atoms with Crippen LogP contribution in [-0.2, 0) is 0 Å². The van der Waals surface area contributed by atoms with Gasteiger partial charge in [0, 0.05) is 23.6 Å². The summed E-state index contributed by atoms with van der Waals surface area (Å²) >= 11 is 3.01. The van der Waals surface area contributed by atoms with Crippen LogP contribution in [0, 0.1) is 23.5 Å². The fraction of sp³-hybridized carbons (Fsp3) is 0.500. The molecule has 6 heteroatoms. The maximum atomic E-state index is 13.8. The highest BCUT2D eigenvalue weighted by atomic mass is 79.9. The third-order valence-electron chi connectivity index (χ3n) is 4.42. The van der Waals surface area contributed by atoms with Crippen molar-refractivity contribution in [2.24, 2.45) is 17.6 Å². The van der Waals surface area contributed by atoms with Crippen molar-refractivity contribution in [3.8, 4) is 0 Å². The molecule has 1 aromatic rings. The van der Waals surface area contributed by atoms with Gasteiger partial charge in [0.05, 0.1) is 0 Å². The van der Waals surface area contributed by atoms with E-state index in [1.54, 1.807) is 0 Å². The van der Waals surface area contributed by atoms with Gasteiger partial charge in [-0.1, -0.05) is 15.9 Å². The van der Waals surface area contributed by atoms with E-state index in [4.69, 9.17) is 5.73 Å². The number of rotatable bonds is 1. The predicted octanol–water partition coefficient (Wildman–Crippen LogP) is 2.54. The number of hydrogen-bond donors (Lipinski definition) is 1. The smallest absolute Gasteiger partial charge is 0.259 e. The number of carbonyl (C=O) groups is 1. The normalized spacial score (nSPS) is 28.8. The summed E-state index contributed by atoms with van der Waals surface area (Å²) in [6.07, 6.45) is 1.96. The second-order valence-electron chi connectivity index (χ2n) is 5.62. The first-order chi connectivity index (χ1) is 9.47. The number of likely N-dealkylation sites (tertiary alicyclic amines) is 1. The van der Waals surface area contributed by atoms with Gasteiger partial charge in [0.15, 0.2) is 0 Å². The van der Waals surface area contributed by atoms with E-state index >= 15 is 0 Å². The number of benzene rings is 1. The number of fused-ring (bicyclic) bond motifs is 1. The lowest BCUT2D eigenvalue weighted by atomic mass is 9.98. The van der Waals surface area contributed by atoms with Crippen LogP contribution in [0.3, 0.4) is 0 Å². The molecule has 1 aliphatic carbocycles. The van der Waals surface area contributed by atoms with Crippen molar-refractivity contribution in [3.63, 3.8) is 0 Å². The molecule has 0 radical (unpaired) electrons. The van der Waals surface area contributed by atoms with Crippen molar-refractivity contribution in [2.45, 2.75) is 18.9 Å². The van der Waals surface area contributed by atoms with Gasteiger partial charge in [0.25, 0.3) is 5.91 Å². The summed E-state index contributed by atoms with van der Waals surface area (Å²) in [5, 5.41) is 0. The number of carbonyl (C=O) groups excluding carboxylic acids is 1. The zero-order valence-corrected chi connectivity index (χ0v) is 12.4. The Morgan fingerprint density at radius 2 is 1.90 bits per heavy atom. The zero-order valence-electron chi connectivity index (χ0n) is 10.8. The van der Waals surface area contributed by atoms with E-state index in [0.717, 1.165) is 25.0 Å². The van der Waals surface area contributed by atoms with Gasteiger partial charge >= 0.3 is 0 Å². The molecule has 1 aliphatic heterocycles. The quantitative estimate of drug-likeness (QED) is 0.850. The molecule has 108 valence electrons. The lowest BCUT2D eigenvalue weighted by Gasteiger charge is -2.19. The predicted molar refractivity (Wildman–Crippen MR) is 74.2 cm³/mol. The molecule has 1 heterocycles. The number of hydrogen-bond acceptors (Lipinski definition) is 2. The molecule has 1 aromatic carbocycles. The molecule has 3 atom stereocenters. The number of halogens is 3. The highest BCUT2D eigenvalue weighted by Gasteiger charge is 2.43. The molecule has 3 rings (SSSR count). The summed E-state index contributed by atoms with van der Waals surface area (Å²) in [5.74, 6) is -1.60. The Labute approximate surface area is 124 Å². The minimum atomic E-state index is -0.830. The molecule has 2 fully saturated rings. The minimum Gasteiger partial charge on any atom is -0.338 e. The van der Waals surface area contributed by atoms with Gasteiger partial charge < -0.3 is 10.6 Å². The van der Waals surface area contributed by atoms with E-state index in [1.165, 1.54) is 4.90 Å². The zero-order chi connectivity index (χ0) is 14.4. The van der Waals surface area contributed by atoms with E-state index in [0.29, 0.717) is 19.0 Å². The van der Waals surface area contributed by atoms with Gasteiger partial charge in [-0.15, -0.1) is 0 Å². The average molecular weight is 345 g/mol. The Morgan fingerprint density at radius 1 is 1.25 bits per heavy atom. The Kier molecular flexibility index (Phi) is 3.54. The standard InChI is InChI=1S/C14H15BrF2N2O/c15-8-3-10(16)13(11(17)4-8)14(20)19-5-7-1-2-12(18)9(7)6-19/h3-4,7,9,12H,1-2,5-6,18H2. The van der Waals surface area contributed by atoms with E-state index in [1.807, 2.05) is 0 Å². The SMILES string of the molecule is NC1CCC2CN(C(=O)c3c(F)cc(Br)cc3F)CC12. The molecule has 3 nitrogen and oxygen atoms in total. The fourth-order valence-electron chi connectivity index (χ4n) is 3.38. The molecule has 1 amide bonds. The van der Waals surface area contributed by atoms with E-state index in [2.05, 4.69) is 15.9 Å². The maximum Gasteiger partial charge on any atom is 0.259 e. The van der Waals surface area contributed by atoms with E-state index in [-0.39, 0.29) is 16.4 Å². The van der Waals surface area contributed by atoms with Crippen LogP contribution in [0.15, 0.2) is 16.6 Å². The van der Waals surface area contributed by atoms with Gasteiger partial charge in [-0.05, 0) is 36.8 Å². The first kappa shape index (κ1) is 13.9. The van der Waals surface area contributed by atoms with Crippen molar-refractivity contribution in [3.05, 3.63) is 33.8 Å². The maximum absolute atomic E-state index is 13.8. The van der Waals surface area contributed by atoms with Crippen molar-refractivity contribution in [1.82, 2.24) is 4.90 Å². The van der Waals surface area contributed by atoms with E-state index < -0.39 is 23.1 Å². The highest BCUT2D eigenvalue weighted by molar-refractivity contribution is 9.10. The van der Waals surface area contributed by atoms with E-state index in [9.17, 15) is 13.6 Å². The summed E-state index contributed by atoms with van der Waals surface area (Å²) in [7, 11) is 0. The average Bonchev–Trinajstić information content (AvgIpc) is 2.90. The molecule has 2 N–H and O–H groups in total. The molecule has 20 heavy (non-hydrogen) atoms. The number of nitrogens with two attached hydrogens (primary N) is 1. The van der Waals surface area contributed by atoms with Gasteiger partial charge in [-0.25, -0.2) is 8.78 Å². The van der Waals surface area contributed by atoms with Crippen LogP contribution in [0.2, 0.25) is 0 Å². The number of amides is 1. The molecule has 3 unspecified atom stereocenters. The second-order valence-corrected chi connectivity index (χ2v) is 6.54. The first-order valence-electron chi connectivity index (χ1n) is 6.66. The van der Waals surface area contributed by atoms with Crippen LogP contribution in [0.5, 0.6) is 0 Å². The monoisotopic (exact) mass is 344 g/mol. The Balaban J connectivity index is 1.84. The van der Waals surface area contributed by atoms with Crippen LogP contribution in [0.4, 0.5) is 8.78 Å². The van der Waals surface area contributed by atoms with Crippen LogP contribution < -0.4 is 5.73 Å². The molecule has 1 saturated carbocycles. The molecule has 1 saturated heterocycles. The summed E-state index contributed by atoms with van der Waals surface area (Å²) in [6.45, 7) is 1.05. The van der Waals surface area contributed by atoms with Crippen LogP contribution in [-0.4, -0.2) is 29.9 Å². The second kappa shape index (κ2) is 5.07. The molecule has 2 aliphatic rings. The van der Waals surface area contributed by atoms with Gasteiger partial charge in [-0.2, -0.15) is 0 Å². The summed E-state index contributed by atoms with van der Waals surface area (Å²) in [4.78, 5) is 13.9. The number of nitrogens with zero attached hydrogens (tertiary/aromatic N) is 1. The van der Waals surface area contributed by atoms with Crippen molar-refractivity contribution in [1.29, 1.82) is 0 Å². The van der Waals surface area contributed by atoms with Crippen LogP contribution >= 0.6 is 15.9 Å². The minimum absolute atomic E-state index is 0.0948. The molecule has 0 bridgehead atoms. The van der Waals surface area contributed by atoms with Crippen LogP contribution in [0.25, 0.3) is 0 Å². The topological polar surface area (TPSA) is 46.3 Å². The Bertz CT molecular complexity index is 543. The van der Waals surface area contributed by atoms with Gasteiger partial charge in [0.1, 0.15) is 17.2 Å². The first-order valence-corrected chi connectivity index (χ1v) is 7.46. The lowest BCUT2D eigenvalue weighted by Crippen LogP contribution is -2.34. The van der Waals surface area contributed by atoms with Crippen molar-refractivity contribution in [2.75, 3.05) is 13.1 Å². The summed E-state index contributed by atoms with van der Waals surface area (Å²) < 4.78 is 28.0. The molecule has 0 aromatic heterocycles. The highest BCUT2D eigenvalue weighted by Crippen LogP contribution is 2.38. The van der Waals surface area contributed by atoms with Gasteiger partial charge in [0.2, 0.25) is 0 Å². The van der Waals surface area contributed by atoms with Gasteiger partial charge in [-0.3, -0.25) is 4.79 Å². The summed E-state index contributed by atoms with van der Waals surface area (Å²) in [5.41, 5.74) is 5.54. The third-order valence-corrected chi connectivity index (χ3v) is 4.88. The Morgan fingerprint density at radius 3 is 2.50 bits per heavy atom. The largest absolute Gasteiger partial charge is 0.338 e. The van der Waals surface area contributed by atoms with Crippen LogP contribution in [0.1, 0.15) is 23.2 Å². The Hall–Kier alpha value is -1.01. The van der Waals surface area contributed by atoms with Crippen molar-refractivity contribution >= 4 is 21.8 Å². The summed E-state index contributed by atoms with van der Waals surface area (Å²) in [6, 6.07) is 2.31. The van der Waals surface area contributed by atoms with Crippen molar-refractivity contribution < 1.29 is 13.6 Å². The molecular formula is C14H15BrF2N2O.